The van der Waals surface area contributed by atoms with Gasteiger partial charge in [-0.3, -0.25) is 0 Å². The molecule has 0 aliphatic carbocycles. The van der Waals surface area contributed by atoms with Crippen LogP contribution in [0.1, 0.15) is 0 Å². The molecule has 0 bridgehead atoms. The fourth-order valence-corrected chi connectivity index (χ4v) is 3.09. The first-order valence-electron chi connectivity index (χ1n) is 2.67. The Morgan fingerprint density at radius 3 is 1.53 bits per heavy atom. The van der Waals surface area contributed by atoms with E-state index < -0.39 is 23.5 Å². The summed E-state index contributed by atoms with van der Waals surface area (Å²) in [6.45, 7) is 0. The minimum absolute atomic E-state index is 0. The summed E-state index contributed by atoms with van der Waals surface area (Å²) in [4.78, 5) is 33.2. The number of rotatable bonds is 5. The van der Waals surface area contributed by atoms with Crippen LogP contribution < -0.4 is 0 Å². The Morgan fingerprint density at radius 1 is 0.867 bits per heavy atom. The third kappa shape index (κ3) is 10.9. The summed E-state index contributed by atoms with van der Waals surface area (Å²) in [5.74, 6) is 0. The average molecular weight is 409 g/mol. The molecule has 0 aliphatic heterocycles. The van der Waals surface area contributed by atoms with Crippen molar-refractivity contribution in [3.8, 4) is 0 Å². The van der Waals surface area contributed by atoms with Gasteiger partial charge in [-0.25, -0.2) is 13.7 Å². The van der Waals surface area contributed by atoms with Crippen molar-refractivity contribution in [3.05, 3.63) is 0 Å². The van der Waals surface area contributed by atoms with E-state index in [0.29, 0.717) is 8.05 Å². The first-order chi connectivity index (χ1) is 5.97. The summed E-state index contributed by atoms with van der Waals surface area (Å²) in [5, 5.41) is 0. The molecule has 15 heteroatoms. The van der Waals surface area contributed by atoms with Gasteiger partial charge >= 0.3 is 72.3 Å². The van der Waals surface area contributed by atoms with Gasteiger partial charge in [-0.1, -0.05) is 0 Å². The average Bonchev–Trinajstić information content (AvgIpc) is 1.78. The summed E-state index contributed by atoms with van der Waals surface area (Å²) in [6, 6.07) is 0. The Morgan fingerprint density at radius 2 is 1.27 bits per heavy atom. The normalized spacial score (nSPS) is 19.7. The summed E-state index contributed by atoms with van der Waals surface area (Å²) in [6.07, 6.45) is 0. The van der Waals surface area contributed by atoms with Crippen molar-refractivity contribution in [2.24, 2.45) is 0 Å². The van der Waals surface area contributed by atoms with E-state index in [0.717, 1.165) is 0 Å². The third-order valence-corrected chi connectivity index (χ3v) is 4.44. The quantitative estimate of drug-likeness (QED) is 0.294. The fraction of sp³-hybridized carbons (Fsp3) is 0. The summed E-state index contributed by atoms with van der Waals surface area (Å²) in [5.41, 5.74) is 0. The first kappa shape index (κ1) is 19.4. The third-order valence-electron chi connectivity index (χ3n) is 0.647. The molecule has 0 saturated heterocycles. The van der Waals surface area contributed by atoms with E-state index in [1.807, 2.05) is 0 Å². The van der Waals surface area contributed by atoms with E-state index in [2.05, 4.69) is 13.1 Å². The topological polar surface area (TPSA) is 160 Å². The van der Waals surface area contributed by atoms with Gasteiger partial charge in [0, 0.05) is 0 Å². The maximum absolute atomic E-state index is 10.6. The molecule has 0 rings (SSSR count). The second-order valence-corrected chi connectivity index (χ2v) is 6.30. The van der Waals surface area contributed by atoms with Gasteiger partial charge in [-0.15, -0.1) is 0 Å². The molecule has 0 spiro atoms. The molecular weight excluding hydrogens is 401 g/mol. The number of hydrogen-bond acceptors (Lipinski definition) is 6. The van der Waals surface area contributed by atoms with Crippen molar-refractivity contribution >= 4 is 80.4 Å². The molecule has 2 atom stereocenters. The second kappa shape index (κ2) is 6.84. The van der Waals surface area contributed by atoms with E-state index in [1.165, 1.54) is 0 Å². The van der Waals surface area contributed by atoms with E-state index in [4.69, 9.17) is 19.6 Å². The zero-order chi connectivity index (χ0) is 11.6. The summed E-state index contributed by atoms with van der Waals surface area (Å²) >= 11 is 0. The van der Waals surface area contributed by atoms with Crippen LogP contribution in [0.25, 0.3) is 0 Å². The van der Waals surface area contributed by atoms with Crippen LogP contribution in [0.5, 0.6) is 0 Å². The first-order valence-corrected chi connectivity index (χ1v) is 7.19. The van der Waals surface area contributed by atoms with Crippen LogP contribution in [0.2, 0.25) is 0 Å². The van der Waals surface area contributed by atoms with Gasteiger partial charge in [0.1, 0.15) is 0 Å². The summed E-state index contributed by atoms with van der Waals surface area (Å²) < 4.78 is 41.6. The van der Waals surface area contributed by atoms with Gasteiger partial charge in [0.2, 0.25) is 0 Å². The molecular formula is H8BBaO10P3. The molecule has 15 heavy (non-hydrogen) atoms. The predicted molar refractivity (Wildman–Crippen MR) is 52.0 cm³/mol. The minimum atomic E-state index is -5.35. The Balaban J connectivity index is 0. The zero-order valence-corrected chi connectivity index (χ0v) is 9.26. The molecule has 0 saturated carbocycles. The van der Waals surface area contributed by atoms with Crippen molar-refractivity contribution in [2.45, 2.75) is 0 Å². The Labute approximate surface area is 125 Å². The van der Waals surface area contributed by atoms with E-state index >= 15 is 0 Å². The van der Waals surface area contributed by atoms with Crippen molar-refractivity contribution in [1.82, 2.24) is 0 Å². The van der Waals surface area contributed by atoms with Crippen LogP contribution in [-0.2, 0) is 26.8 Å². The standard InChI is InChI=1S/BH6O10P3.Ba.2H/c1-9-13(5,6)11-14(7,8)10-12(2,3)4;;;/h1H2,(H,5,6)(H,7,8)(H2,2,3,4);;;. The van der Waals surface area contributed by atoms with Crippen LogP contribution >= 0.6 is 23.5 Å². The van der Waals surface area contributed by atoms with Crippen molar-refractivity contribution in [2.75, 3.05) is 0 Å². The maximum atomic E-state index is 10.6. The molecule has 0 aromatic heterocycles. The van der Waals surface area contributed by atoms with Gasteiger partial charge in [-0.05, 0) is 0 Å². The van der Waals surface area contributed by atoms with Crippen LogP contribution in [0.3, 0.4) is 0 Å². The number of hydrogen-bond donors (Lipinski definition) is 4. The molecule has 0 amide bonds. The van der Waals surface area contributed by atoms with Crippen molar-refractivity contribution in [3.63, 3.8) is 0 Å². The van der Waals surface area contributed by atoms with E-state index in [-0.39, 0.29) is 48.9 Å². The monoisotopic (exact) mass is 410 g/mol. The summed E-state index contributed by atoms with van der Waals surface area (Å²) in [7, 11) is -14.8. The van der Waals surface area contributed by atoms with Crippen LogP contribution in [0.4, 0.5) is 0 Å². The molecule has 10 nitrogen and oxygen atoms in total. The Bertz CT molecular complexity index is 330. The molecule has 4 N–H and O–H groups in total. The van der Waals surface area contributed by atoms with Gasteiger partial charge < -0.3 is 24.0 Å². The van der Waals surface area contributed by atoms with Gasteiger partial charge in [0.25, 0.3) is 8.05 Å². The van der Waals surface area contributed by atoms with Crippen LogP contribution in [-0.4, -0.2) is 76.5 Å². The molecule has 0 heterocycles. The molecule has 88 valence electrons. The van der Waals surface area contributed by atoms with E-state index in [1.54, 1.807) is 0 Å². The van der Waals surface area contributed by atoms with Crippen molar-refractivity contribution in [1.29, 1.82) is 0 Å². The van der Waals surface area contributed by atoms with Gasteiger partial charge in [0.05, 0.1) is 0 Å². The molecule has 0 fully saturated rings. The molecule has 0 aromatic carbocycles. The Kier molecular flexibility index (Phi) is 8.84. The molecule has 0 radical (unpaired) electrons. The fourth-order valence-electron chi connectivity index (χ4n) is 0.313. The van der Waals surface area contributed by atoms with Gasteiger partial charge in [-0.2, -0.15) is 8.62 Å². The molecule has 2 unspecified atom stereocenters. The number of phosphoric acid groups is 3. The Hall–Kier alpha value is 2.05. The SMILES string of the molecule is BOP(=O)(O)OP(=O)(O)OP(=O)(O)O.[BaH2]. The van der Waals surface area contributed by atoms with Crippen LogP contribution in [0.15, 0.2) is 0 Å². The molecule has 0 aliphatic rings. The van der Waals surface area contributed by atoms with Gasteiger partial charge in [0.15, 0.2) is 0 Å². The van der Waals surface area contributed by atoms with E-state index in [9.17, 15) is 13.7 Å². The zero-order valence-electron chi connectivity index (χ0n) is 6.58. The van der Waals surface area contributed by atoms with Crippen LogP contribution in [0, 0.1) is 0 Å². The molecule has 0 aromatic rings. The predicted octanol–water partition coefficient (Wildman–Crippen LogP) is -2.04. The second-order valence-electron chi connectivity index (χ2n) is 1.77. The van der Waals surface area contributed by atoms with Crippen molar-refractivity contribution < 1.29 is 46.3 Å².